The molecule has 2 N–H and O–H groups in total. The van der Waals surface area contributed by atoms with Gasteiger partial charge in [0.1, 0.15) is 5.75 Å². The molecule has 0 amide bonds. The summed E-state index contributed by atoms with van der Waals surface area (Å²) in [5, 5.41) is 7.36. The molecular weight excluding hydrogens is 218 g/mol. The first-order valence-electron chi connectivity index (χ1n) is 5.39. The van der Waals surface area contributed by atoms with Crippen molar-refractivity contribution < 1.29 is 9.37 Å². The predicted octanol–water partition coefficient (Wildman–Crippen LogP) is 2.45. The maximum Gasteiger partial charge on any atom is 0.196 e. The van der Waals surface area contributed by atoms with Crippen LogP contribution < -0.4 is 10.5 Å². The van der Waals surface area contributed by atoms with Crippen LogP contribution in [0.4, 0.5) is 5.82 Å². The molecule has 1 heterocycles. The van der Waals surface area contributed by atoms with Crippen LogP contribution in [0.1, 0.15) is 25.3 Å². The Hall–Kier alpha value is -2.04. The SMILES string of the molecule is COc1ccc(-c2nonc2N)cc1C(C)C. The highest BCUT2D eigenvalue weighted by molar-refractivity contribution is 5.70. The van der Waals surface area contributed by atoms with Gasteiger partial charge in [-0.25, -0.2) is 4.63 Å². The normalized spacial score (nSPS) is 10.8. The molecule has 17 heavy (non-hydrogen) atoms. The van der Waals surface area contributed by atoms with Crippen LogP contribution in [0.3, 0.4) is 0 Å². The molecule has 2 aromatic rings. The highest BCUT2D eigenvalue weighted by Crippen LogP contribution is 2.32. The monoisotopic (exact) mass is 233 g/mol. The van der Waals surface area contributed by atoms with Crippen LogP contribution in [0.5, 0.6) is 5.75 Å². The number of anilines is 1. The van der Waals surface area contributed by atoms with Crippen molar-refractivity contribution in [2.24, 2.45) is 0 Å². The van der Waals surface area contributed by atoms with Gasteiger partial charge < -0.3 is 10.5 Å². The molecule has 0 bridgehead atoms. The van der Waals surface area contributed by atoms with E-state index in [9.17, 15) is 0 Å². The van der Waals surface area contributed by atoms with Crippen molar-refractivity contribution in [2.45, 2.75) is 19.8 Å². The minimum absolute atomic E-state index is 0.296. The van der Waals surface area contributed by atoms with E-state index in [1.807, 2.05) is 18.2 Å². The summed E-state index contributed by atoms with van der Waals surface area (Å²) >= 11 is 0. The third kappa shape index (κ3) is 2.08. The van der Waals surface area contributed by atoms with E-state index in [4.69, 9.17) is 10.5 Å². The Morgan fingerprint density at radius 1 is 1.29 bits per heavy atom. The zero-order valence-electron chi connectivity index (χ0n) is 10.1. The number of ether oxygens (including phenoxy) is 1. The zero-order chi connectivity index (χ0) is 12.4. The van der Waals surface area contributed by atoms with E-state index in [2.05, 4.69) is 28.8 Å². The van der Waals surface area contributed by atoms with E-state index < -0.39 is 0 Å². The second kappa shape index (κ2) is 4.45. The first-order chi connectivity index (χ1) is 8.13. The Labute approximate surface area is 99.5 Å². The van der Waals surface area contributed by atoms with Gasteiger partial charge in [-0.05, 0) is 40.0 Å². The van der Waals surface area contributed by atoms with Crippen LogP contribution in [0.25, 0.3) is 11.3 Å². The molecular formula is C12H15N3O2. The zero-order valence-corrected chi connectivity index (χ0v) is 10.1. The fraction of sp³-hybridized carbons (Fsp3) is 0.333. The molecule has 0 unspecified atom stereocenters. The molecule has 0 saturated carbocycles. The van der Waals surface area contributed by atoms with Gasteiger partial charge in [-0.15, -0.1) is 0 Å². The van der Waals surface area contributed by atoms with Crippen molar-refractivity contribution in [2.75, 3.05) is 12.8 Å². The van der Waals surface area contributed by atoms with E-state index in [-0.39, 0.29) is 0 Å². The van der Waals surface area contributed by atoms with Gasteiger partial charge in [0.25, 0.3) is 0 Å². The summed E-state index contributed by atoms with van der Waals surface area (Å²) in [7, 11) is 1.66. The van der Waals surface area contributed by atoms with Gasteiger partial charge in [-0.1, -0.05) is 13.8 Å². The van der Waals surface area contributed by atoms with Gasteiger partial charge in [-0.2, -0.15) is 0 Å². The number of hydrogen-bond donors (Lipinski definition) is 1. The molecule has 0 fully saturated rings. The number of aromatic nitrogens is 2. The number of nitrogens with zero attached hydrogens (tertiary/aromatic N) is 2. The molecule has 2 rings (SSSR count). The molecule has 0 aliphatic heterocycles. The van der Waals surface area contributed by atoms with E-state index >= 15 is 0 Å². The van der Waals surface area contributed by atoms with Crippen LogP contribution in [-0.4, -0.2) is 17.4 Å². The van der Waals surface area contributed by atoms with Crippen LogP contribution in [0.2, 0.25) is 0 Å². The highest BCUT2D eigenvalue weighted by Gasteiger charge is 2.13. The first-order valence-corrected chi connectivity index (χ1v) is 5.39. The number of benzene rings is 1. The molecule has 5 nitrogen and oxygen atoms in total. The standard InChI is InChI=1S/C12H15N3O2/c1-7(2)9-6-8(4-5-10(9)16-3)11-12(13)15-17-14-11/h4-7H,1-3H3,(H2,13,15). The van der Waals surface area contributed by atoms with Crippen LogP contribution >= 0.6 is 0 Å². The lowest BCUT2D eigenvalue weighted by molar-refractivity contribution is 0.310. The molecule has 0 spiro atoms. The third-order valence-electron chi connectivity index (χ3n) is 2.64. The summed E-state index contributed by atoms with van der Waals surface area (Å²) in [5.74, 6) is 1.51. The summed E-state index contributed by atoms with van der Waals surface area (Å²) in [4.78, 5) is 0. The van der Waals surface area contributed by atoms with E-state index in [1.54, 1.807) is 7.11 Å². The number of methoxy groups -OCH3 is 1. The Morgan fingerprint density at radius 2 is 2.06 bits per heavy atom. The van der Waals surface area contributed by atoms with Crippen molar-refractivity contribution in [3.63, 3.8) is 0 Å². The van der Waals surface area contributed by atoms with E-state index in [0.29, 0.717) is 17.4 Å². The topological polar surface area (TPSA) is 74.2 Å². The molecule has 0 aliphatic rings. The molecule has 1 aromatic carbocycles. The maximum absolute atomic E-state index is 5.67. The van der Waals surface area contributed by atoms with Crippen LogP contribution in [0.15, 0.2) is 22.8 Å². The molecule has 0 saturated heterocycles. The van der Waals surface area contributed by atoms with Crippen molar-refractivity contribution in [3.8, 4) is 17.0 Å². The van der Waals surface area contributed by atoms with E-state index in [1.165, 1.54) is 0 Å². The minimum atomic E-state index is 0.296. The molecule has 1 aromatic heterocycles. The maximum atomic E-state index is 5.67. The smallest absolute Gasteiger partial charge is 0.196 e. The number of rotatable bonds is 3. The summed E-state index contributed by atoms with van der Waals surface area (Å²) in [6, 6.07) is 5.79. The molecule has 90 valence electrons. The van der Waals surface area contributed by atoms with Gasteiger partial charge >= 0.3 is 0 Å². The molecule has 0 aliphatic carbocycles. The summed E-state index contributed by atoms with van der Waals surface area (Å²) in [5.41, 5.74) is 8.22. The summed E-state index contributed by atoms with van der Waals surface area (Å²) in [6.07, 6.45) is 0. The van der Waals surface area contributed by atoms with Crippen molar-refractivity contribution in [1.29, 1.82) is 0 Å². The van der Waals surface area contributed by atoms with Gasteiger partial charge in [0.15, 0.2) is 11.5 Å². The van der Waals surface area contributed by atoms with Crippen LogP contribution in [-0.2, 0) is 0 Å². The number of nitrogen functional groups attached to an aromatic ring is 1. The number of hydrogen-bond acceptors (Lipinski definition) is 5. The van der Waals surface area contributed by atoms with Crippen molar-refractivity contribution >= 4 is 5.82 Å². The summed E-state index contributed by atoms with van der Waals surface area (Å²) in [6.45, 7) is 4.21. The molecule has 0 atom stereocenters. The quantitative estimate of drug-likeness (QED) is 0.881. The molecule has 0 radical (unpaired) electrons. The Bertz CT molecular complexity index is 520. The van der Waals surface area contributed by atoms with Gasteiger partial charge in [0.2, 0.25) is 0 Å². The largest absolute Gasteiger partial charge is 0.496 e. The molecule has 5 heteroatoms. The number of nitrogens with two attached hydrogens (primary N) is 1. The Morgan fingerprint density at radius 3 is 2.59 bits per heavy atom. The Kier molecular flexibility index (Phi) is 2.99. The average molecular weight is 233 g/mol. The van der Waals surface area contributed by atoms with Gasteiger partial charge in [0.05, 0.1) is 7.11 Å². The second-order valence-corrected chi connectivity index (χ2v) is 4.11. The second-order valence-electron chi connectivity index (χ2n) is 4.11. The van der Waals surface area contributed by atoms with E-state index in [0.717, 1.165) is 16.9 Å². The summed E-state index contributed by atoms with van der Waals surface area (Å²) < 4.78 is 9.92. The first kappa shape index (κ1) is 11.4. The minimum Gasteiger partial charge on any atom is -0.496 e. The predicted molar refractivity (Wildman–Crippen MR) is 64.8 cm³/mol. The lowest BCUT2D eigenvalue weighted by Gasteiger charge is -2.12. The fourth-order valence-corrected chi connectivity index (χ4v) is 1.73. The van der Waals surface area contributed by atoms with Gasteiger partial charge in [0, 0.05) is 5.56 Å². The van der Waals surface area contributed by atoms with Gasteiger partial charge in [-0.3, -0.25) is 0 Å². The lowest BCUT2D eigenvalue weighted by atomic mass is 9.98. The third-order valence-corrected chi connectivity index (χ3v) is 2.64. The fourth-order valence-electron chi connectivity index (χ4n) is 1.73. The lowest BCUT2D eigenvalue weighted by Crippen LogP contribution is -1.96. The Balaban J connectivity index is 2.51. The highest BCUT2D eigenvalue weighted by atomic mass is 16.6. The average Bonchev–Trinajstić information content (AvgIpc) is 2.74. The van der Waals surface area contributed by atoms with Crippen LogP contribution in [0, 0.1) is 0 Å². The van der Waals surface area contributed by atoms with Crippen molar-refractivity contribution in [1.82, 2.24) is 10.3 Å². The van der Waals surface area contributed by atoms with Crippen molar-refractivity contribution in [3.05, 3.63) is 23.8 Å².